The molecule has 2 saturated heterocycles. The van der Waals surface area contributed by atoms with Crippen LogP contribution in [0.4, 0.5) is 4.79 Å². The second kappa shape index (κ2) is 5.71. The minimum Gasteiger partial charge on any atom is -0.440 e. The number of hydrogen-bond acceptors (Lipinski definition) is 4. The van der Waals surface area contributed by atoms with Gasteiger partial charge in [-0.1, -0.05) is 6.08 Å². The average Bonchev–Trinajstić information content (AvgIpc) is 2.87. The van der Waals surface area contributed by atoms with Gasteiger partial charge >= 0.3 is 6.09 Å². The number of methoxy groups -OCH3 is 1. The van der Waals surface area contributed by atoms with Crippen LogP contribution in [0.2, 0.25) is 0 Å². The molecular weight excluding hydrogens is 246 g/mol. The highest BCUT2D eigenvalue weighted by molar-refractivity contribution is 6.18. The van der Waals surface area contributed by atoms with Crippen molar-refractivity contribution in [3.8, 4) is 0 Å². The Kier molecular flexibility index (Phi) is 4.25. The minimum absolute atomic E-state index is 0.0358. The summed E-state index contributed by atoms with van der Waals surface area (Å²) in [6.07, 6.45) is 3.84. The van der Waals surface area contributed by atoms with Crippen LogP contribution in [0.1, 0.15) is 6.42 Å². The Morgan fingerprint density at radius 3 is 3.18 bits per heavy atom. The van der Waals surface area contributed by atoms with Crippen molar-refractivity contribution in [2.24, 2.45) is 0 Å². The Labute approximate surface area is 105 Å². The molecule has 2 fully saturated rings. The van der Waals surface area contributed by atoms with Gasteiger partial charge in [0.05, 0.1) is 6.10 Å². The second-order valence-electron chi connectivity index (χ2n) is 4.02. The van der Waals surface area contributed by atoms with Crippen molar-refractivity contribution in [3.63, 3.8) is 0 Å². The zero-order chi connectivity index (χ0) is 12.3. The lowest BCUT2D eigenvalue weighted by Gasteiger charge is -2.21. The maximum absolute atomic E-state index is 11.6. The van der Waals surface area contributed by atoms with E-state index in [2.05, 4.69) is 0 Å². The summed E-state index contributed by atoms with van der Waals surface area (Å²) in [6.45, 7) is 0.901. The van der Waals surface area contributed by atoms with E-state index in [1.165, 1.54) is 0 Å². The molecule has 5 nitrogen and oxygen atoms in total. The minimum atomic E-state index is -0.275. The summed E-state index contributed by atoms with van der Waals surface area (Å²) in [5, 5.41) is 0. The van der Waals surface area contributed by atoms with Crippen molar-refractivity contribution < 1.29 is 19.0 Å². The smallest absolute Gasteiger partial charge is 0.410 e. The summed E-state index contributed by atoms with van der Waals surface area (Å²) in [5.74, 6) is 0.407. The van der Waals surface area contributed by atoms with Gasteiger partial charge in [-0.3, -0.25) is 4.90 Å². The van der Waals surface area contributed by atoms with Crippen LogP contribution in [0.5, 0.6) is 0 Å². The molecule has 1 amide bonds. The van der Waals surface area contributed by atoms with Crippen LogP contribution in [-0.2, 0) is 14.2 Å². The number of hydrogen-bond donors (Lipinski definition) is 0. The van der Waals surface area contributed by atoms with Crippen molar-refractivity contribution >= 4 is 17.7 Å². The van der Waals surface area contributed by atoms with Gasteiger partial charge in [-0.05, 0) is 12.5 Å². The van der Waals surface area contributed by atoms with E-state index in [0.717, 1.165) is 6.42 Å². The lowest BCUT2D eigenvalue weighted by atomic mass is 10.1. The van der Waals surface area contributed by atoms with Crippen LogP contribution in [-0.4, -0.2) is 55.6 Å². The zero-order valence-corrected chi connectivity index (χ0v) is 10.4. The first-order chi connectivity index (χ1) is 8.27. The maximum Gasteiger partial charge on any atom is 0.410 e. The molecule has 2 aliphatic rings. The molecule has 0 aromatic heterocycles. The largest absolute Gasteiger partial charge is 0.440 e. The highest BCUT2D eigenvalue weighted by atomic mass is 35.5. The molecule has 2 heterocycles. The third kappa shape index (κ3) is 2.56. The van der Waals surface area contributed by atoms with Crippen LogP contribution in [0.3, 0.4) is 0 Å². The van der Waals surface area contributed by atoms with Crippen molar-refractivity contribution in [1.29, 1.82) is 0 Å². The fraction of sp³-hybridized carbons (Fsp3) is 0.727. The summed E-state index contributed by atoms with van der Waals surface area (Å²) < 4.78 is 15.7. The molecular formula is C11H16ClNO4. The number of halogens is 1. The third-order valence-electron chi connectivity index (χ3n) is 3.02. The number of carbonyl (C=O) groups is 1. The van der Waals surface area contributed by atoms with Crippen molar-refractivity contribution in [2.75, 3.05) is 26.3 Å². The summed E-state index contributed by atoms with van der Waals surface area (Å²) in [7, 11) is 1.58. The number of allylic oxidation sites excluding steroid dienone is 1. The van der Waals surface area contributed by atoms with Gasteiger partial charge in [-0.2, -0.15) is 0 Å². The highest BCUT2D eigenvalue weighted by Crippen LogP contribution is 2.32. The normalized spacial score (nSPS) is 32.2. The fourth-order valence-corrected chi connectivity index (χ4v) is 2.42. The molecule has 0 aromatic rings. The van der Waals surface area contributed by atoms with E-state index < -0.39 is 0 Å². The van der Waals surface area contributed by atoms with Gasteiger partial charge in [0, 0.05) is 19.5 Å². The summed E-state index contributed by atoms with van der Waals surface area (Å²) in [4.78, 5) is 13.3. The van der Waals surface area contributed by atoms with Crippen molar-refractivity contribution in [1.82, 2.24) is 4.90 Å². The molecule has 0 spiro atoms. The van der Waals surface area contributed by atoms with Crippen LogP contribution < -0.4 is 0 Å². The van der Waals surface area contributed by atoms with Gasteiger partial charge in [0.15, 0.2) is 0 Å². The molecule has 0 saturated carbocycles. The summed E-state index contributed by atoms with van der Waals surface area (Å²) in [6, 6.07) is -0.0582. The van der Waals surface area contributed by atoms with Gasteiger partial charge in [-0.15, -0.1) is 11.6 Å². The quantitative estimate of drug-likeness (QED) is 0.426. The SMILES string of the molecule is COCO[C@H]1CCN2C(=O)O[C@H](/C=C/CCl)[C@@H]12. The highest BCUT2D eigenvalue weighted by Gasteiger charge is 2.49. The molecule has 0 N–H and O–H groups in total. The van der Waals surface area contributed by atoms with Crippen LogP contribution in [0.15, 0.2) is 12.2 Å². The number of carbonyl (C=O) groups excluding carboxylic acids is 1. The molecule has 0 aliphatic carbocycles. The lowest BCUT2D eigenvalue weighted by molar-refractivity contribution is -0.0815. The number of alkyl halides is 1. The predicted molar refractivity (Wildman–Crippen MR) is 62.0 cm³/mol. The van der Waals surface area contributed by atoms with Crippen LogP contribution in [0.25, 0.3) is 0 Å². The number of cyclic esters (lactones) is 1. The van der Waals surface area contributed by atoms with Gasteiger partial charge < -0.3 is 14.2 Å². The molecule has 3 atom stereocenters. The van der Waals surface area contributed by atoms with Crippen LogP contribution in [0, 0.1) is 0 Å². The second-order valence-corrected chi connectivity index (χ2v) is 4.32. The third-order valence-corrected chi connectivity index (χ3v) is 3.20. The number of fused-ring (bicyclic) bond motifs is 1. The molecule has 96 valence electrons. The molecule has 0 radical (unpaired) electrons. The Balaban J connectivity index is 2.04. The van der Waals surface area contributed by atoms with Gasteiger partial charge in [0.2, 0.25) is 0 Å². The Bertz CT molecular complexity index is 310. The van der Waals surface area contributed by atoms with Crippen molar-refractivity contribution in [2.45, 2.75) is 24.7 Å². The molecule has 17 heavy (non-hydrogen) atoms. The van der Waals surface area contributed by atoms with E-state index in [1.54, 1.807) is 18.1 Å². The predicted octanol–water partition coefficient (Wildman–Crippen LogP) is 1.36. The molecule has 0 bridgehead atoms. The zero-order valence-electron chi connectivity index (χ0n) is 9.67. The first kappa shape index (κ1) is 12.7. The summed E-state index contributed by atoms with van der Waals surface area (Å²) in [5.41, 5.74) is 0. The van der Waals surface area contributed by atoms with Crippen LogP contribution >= 0.6 is 11.6 Å². The summed E-state index contributed by atoms with van der Waals surface area (Å²) >= 11 is 5.59. The molecule has 0 aromatic carbocycles. The first-order valence-corrected chi connectivity index (χ1v) is 6.11. The van der Waals surface area contributed by atoms with E-state index in [1.807, 2.05) is 6.08 Å². The Morgan fingerprint density at radius 1 is 1.65 bits per heavy atom. The Morgan fingerprint density at radius 2 is 2.47 bits per heavy atom. The maximum atomic E-state index is 11.6. The number of amides is 1. The topological polar surface area (TPSA) is 48.0 Å². The van der Waals surface area contributed by atoms with E-state index in [9.17, 15) is 4.79 Å². The van der Waals surface area contributed by atoms with Gasteiger partial charge in [0.1, 0.15) is 18.9 Å². The first-order valence-electron chi connectivity index (χ1n) is 5.58. The molecule has 6 heteroatoms. The Hall–Kier alpha value is -0.780. The average molecular weight is 262 g/mol. The van der Waals surface area contributed by atoms with E-state index >= 15 is 0 Å². The van der Waals surface area contributed by atoms with E-state index in [0.29, 0.717) is 12.4 Å². The lowest BCUT2D eigenvalue weighted by Crippen LogP contribution is -2.38. The molecule has 2 rings (SSSR count). The van der Waals surface area contributed by atoms with E-state index in [4.69, 9.17) is 25.8 Å². The molecule has 2 aliphatic heterocycles. The number of rotatable bonds is 5. The van der Waals surface area contributed by atoms with Gasteiger partial charge in [-0.25, -0.2) is 4.79 Å². The molecule has 0 unspecified atom stereocenters. The monoisotopic (exact) mass is 261 g/mol. The van der Waals surface area contributed by atoms with Gasteiger partial charge in [0.25, 0.3) is 0 Å². The standard InChI is InChI=1S/C11H16ClNO4/c1-15-7-16-8-4-6-13-10(8)9(3-2-5-12)17-11(13)14/h2-3,8-10H,4-7H2,1H3/b3-2+/t8-,9+,10+/m0/s1. The fourth-order valence-electron chi connectivity index (χ4n) is 2.32. The van der Waals surface area contributed by atoms with Crippen molar-refractivity contribution in [3.05, 3.63) is 12.2 Å². The number of ether oxygens (including phenoxy) is 3. The number of nitrogens with zero attached hydrogens (tertiary/aromatic N) is 1. The van der Waals surface area contributed by atoms with E-state index in [-0.39, 0.29) is 31.1 Å².